The van der Waals surface area contributed by atoms with E-state index in [4.69, 9.17) is 0 Å². The lowest BCUT2D eigenvalue weighted by molar-refractivity contribution is -0.127. The van der Waals surface area contributed by atoms with E-state index >= 15 is 0 Å². The second-order valence-electron chi connectivity index (χ2n) is 8.42. The predicted molar refractivity (Wildman–Crippen MR) is 93.3 cm³/mol. The van der Waals surface area contributed by atoms with Gasteiger partial charge >= 0.3 is 0 Å². The monoisotopic (exact) mass is 312 g/mol. The molecule has 3 nitrogen and oxygen atoms in total. The molecule has 0 aromatic heterocycles. The fourth-order valence-electron chi connectivity index (χ4n) is 5.60. The lowest BCUT2D eigenvalue weighted by Gasteiger charge is -2.57. The van der Waals surface area contributed by atoms with Crippen molar-refractivity contribution >= 4 is 11.6 Å². The van der Waals surface area contributed by atoms with E-state index in [-0.39, 0.29) is 17.5 Å². The summed E-state index contributed by atoms with van der Waals surface area (Å²) in [5.74, 6) is 2.75. The smallest absolute Gasteiger partial charge is 0.242 e. The summed E-state index contributed by atoms with van der Waals surface area (Å²) in [7, 11) is 0. The number of nitrogens with one attached hydrogen (secondary N) is 2. The van der Waals surface area contributed by atoms with E-state index in [2.05, 4.69) is 29.7 Å². The molecule has 2 N–H and O–H groups in total. The molecule has 4 fully saturated rings. The van der Waals surface area contributed by atoms with Crippen LogP contribution in [0.25, 0.3) is 0 Å². The van der Waals surface area contributed by atoms with E-state index in [9.17, 15) is 4.79 Å². The highest BCUT2D eigenvalue weighted by Gasteiger charge is 2.51. The first-order chi connectivity index (χ1) is 11.0. The van der Waals surface area contributed by atoms with Gasteiger partial charge in [0.05, 0.1) is 0 Å². The Bertz CT molecular complexity index is 557. The van der Waals surface area contributed by atoms with Crippen LogP contribution in [-0.4, -0.2) is 17.5 Å². The van der Waals surface area contributed by atoms with Crippen LogP contribution in [0.4, 0.5) is 5.69 Å². The molecule has 1 aromatic carbocycles. The third kappa shape index (κ3) is 2.98. The van der Waals surface area contributed by atoms with E-state index in [1.807, 2.05) is 19.1 Å². The molecule has 1 aromatic rings. The quantitative estimate of drug-likeness (QED) is 0.886. The third-order valence-corrected chi connectivity index (χ3v) is 6.25. The Labute approximate surface area is 139 Å². The summed E-state index contributed by atoms with van der Waals surface area (Å²) in [4.78, 5) is 12.7. The first-order valence-corrected chi connectivity index (χ1v) is 9.17. The number of amides is 1. The Morgan fingerprint density at radius 3 is 2.09 bits per heavy atom. The van der Waals surface area contributed by atoms with Crippen molar-refractivity contribution in [2.45, 2.75) is 64.0 Å². The fourth-order valence-corrected chi connectivity index (χ4v) is 5.60. The van der Waals surface area contributed by atoms with Crippen LogP contribution in [-0.2, 0) is 4.79 Å². The van der Waals surface area contributed by atoms with Crippen LogP contribution in [0.3, 0.4) is 0 Å². The molecule has 3 heteroatoms. The van der Waals surface area contributed by atoms with E-state index < -0.39 is 0 Å². The van der Waals surface area contributed by atoms with Gasteiger partial charge in [0.25, 0.3) is 0 Å². The zero-order valence-corrected chi connectivity index (χ0v) is 14.3. The molecule has 5 rings (SSSR count). The molecular weight excluding hydrogens is 284 g/mol. The minimum Gasteiger partial charge on any atom is -0.374 e. The molecule has 0 heterocycles. The van der Waals surface area contributed by atoms with Crippen LogP contribution in [0.2, 0.25) is 0 Å². The summed E-state index contributed by atoms with van der Waals surface area (Å²) in [6.45, 7) is 4.04. The SMILES string of the molecule is Cc1ccc(N[C@H](C)C(=O)NC23CC4CC(CC(C4)C2)C3)cc1. The Morgan fingerprint density at radius 1 is 1.04 bits per heavy atom. The van der Waals surface area contributed by atoms with E-state index in [0.717, 1.165) is 23.4 Å². The maximum Gasteiger partial charge on any atom is 0.242 e. The molecule has 23 heavy (non-hydrogen) atoms. The molecule has 0 saturated heterocycles. The number of aryl methyl sites for hydroxylation is 1. The van der Waals surface area contributed by atoms with Gasteiger partial charge in [-0.25, -0.2) is 0 Å². The van der Waals surface area contributed by atoms with Gasteiger partial charge in [0.15, 0.2) is 0 Å². The first-order valence-electron chi connectivity index (χ1n) is 9.17. The van der Waals surface area contributed by atoms with Gasteiger partial charge in [-0.05, 0) is 82.3 Å². The summed E-state index contributed by atoms with van der Waals surface area (Å²) in [6, 6.07) is 8.05. The number of benzene rings is 1. The topological polar surface area (TPSA) is 41.1 Å². The van der Waals surface area contributed by atoms with Crippen LogP contribution < -0.4 is 10.6 Å². The summed E-state index contributed by atoms with van der Waals surface area (Å²) in [5, 5.41) is 6.79. The van der Waals surface area contributed by atoms with Crippen LogP contribution in [0.15, 0.2) is 24.3 Å². The Kier molecular flexibility index (Phi) is 3.62. The van der Waals surface area contributed by atoms with Gasteiger partial charge in [-0.3, -0.25) is 4.79 Å². The summed E-state index contributed by atoms with van der Waals surface area (Å²) >= 11 is 0. The minimum atomic E-state index is -0.189. The van der Waals surface area contributed by atoms with E-state index in [0.29, 0.717) is 0 Å². The number of hydrogen-bond acceptors (Lipinski definition) is 2. The lowest BCUT2D eigenvalue weighted by Crippen LogP contribution is -2.61. The van der Waals surface area contributed by atoms with Gasteiger partial charge in [0.2, 0.25) is 5.91 Å². The van der Waals surface area contributed by atoms with Gasteiger partial charge in [0, 0.05) is 11.2 Å². The molecule has 4 saturated carbocycles. The van der Waals surface area contributed by atoms with Crippen molar-refractivity contribution in [2.24, 2.45) is 17.8 Å². The van der Waals surface area contributed by atoms with Gasteiger partial charge in [0.1, 0.15) is 6.04 Å². The van der Waals surface area contributed by atoms with Crippen molar-refractivity contribution in [3.05, 3.63) is 29.8 Å². The maximum atomic E-state index is 12.7. The Morgan fingerprint density at radius 2 is 1.57 bits per heavy atom. The highest BCUT2D eigenvalue weighted by Crippen LogP contribution is 2.55. The molecule has 0 spiro atoms. The Hall–Kier alpha value is -1.51. The van der Waals surface area contributed by atoms with Crippen molar-refractivity contribution in [3.63, 3.8) is 0 Å². The highest BCUT2D eigenvalue weighted by molar-refractivity contribution is 5.84. The summed E-state index contributed by atoms with van der Waals surface area (Å²) in [5.41, 5.74) is 2.36. The first kappa shape index (κ1) is 15.0. The van der Waals surface area contributed by atoms with Crippen LogP contribution >= 0.6 is 0 Å². The number of carbonyl (C=O) groups is 1. The highest BCUT2D eigenvalue weighted by atomic mass is 16.2. The zero-order chi connectivity index (χ0) is 16.0. The molecule has 124 valence electrons. The van der Waals surface area contributed by atoms with Crippen molar-refractivity contribution in [1.82, 2.24) is 5.32 Å². The number of carbonyl (C=O) groups excluding carboxylic acids is 1. The van der Waals surface area contributed by atoms with Crippen LogP contribution in [0.5, 0.6) is 0 Å². The normalized spacial score (nSPS) is 35.8. The third-order valence-electron chi connectivity index (χ3n) is 6.25. The number of anilines is 1. The molecule has 0 radical (unpaired) electrons. The molecule has 4 aliphatic carbocycles. The molecule has 1 amide bonds. The van der Waals surface area contributed by atoms with Gasteiger partial charge in [-0.2, -0.15) is 0 Å². The number of hydrogen-bond donors (Lipinski definition) is 2. The van der Waals surface area contributed by atoms with E-state index in [1.165, 1.54) is 44.1 Å². The summed E-state index contributed by atoms with van der Waals surface area (Å²) < 4.78 is 0. The molecule has 0 aliphatic heterocycles. The van der Waals surface area contributed by atoms with Crippen LogP contribution in [0, 0.1) is 24.7 Å². The largest absolute Gasteiger partial charge is 0.374 e. The molecular formula is C20H28N2O. The van der Waals surface area contributed by atoms with Crippen molar-refractivity contribution in [3.8, 4) is 0 Å². The fraction of sp³-hybridized carbons (Fsp3) is 0.650. The van der Waals surface area contributed by atoms with E-state index in [1.54, 1.807) is 0 Å². The summed E-state index contributed by atoms with van der Waals surface area (Å²) in [6.07, 6.45) is 7.86. The zero-order valence-electron chi connectivity index (χ0n) is 14.3. The number of rotatable bonds is 4. The Balaban J connectivity index is 1.40. The average Bonchev–Trinajstić information content (AvgIpc) is 2.47. The maximum absolute atomic E-state index is 12.7. The average molecular weight is 312 g/mol. The second kappa shape index (κ2) is 5.54. The molecule has 0 unspecified atom stereocenters. The minimum absolute atomic E-state index is 0.106. The molecule has 4 bridgehead atoms. The standard InChI is InChI=1S/C20H28N2O/c1-13-3-5-18(6-4-13)21-14(2)19(23)22-20-10-15-7-16(11-20)9-17(8-15)12-20/h3-6,14-17,21H,7-12H2,1-2H3,(H,22,23)/t14-,15?,16?,17?,20?/m1/s1. The van der Waals surface area contributed by atoms with Gasteiger partial charge < -0.3 is 10.6 Å². The lowest BCUT2D eigenvalue weighted by atomic mass is 9.53. The predicted octanol–water partition coefficient (Wildman–Crippen LogP) is 3.88. The van der Waals surface area contributed by atoms with Gasteiger partial charge in [-0.1, -0.05) is 17.7 Å². The van der Waals surface area contributed by atoms with Crippen LogP contribution in [0.1, 0.15) is 51.0 Å². The van der Waals surface area contributed by atoms with Crippen molar-refractivity contribution in [2.75, 3.05) is 5.32 Å². The molecule has 4 aliphatic rings. The van der Waals surface area contributed by atoms with Crippen molar-refractivity contribution < 1.29 is 4.79 Å². The van der Waals surface area contributed by atoms with Gasteiger partial charge in [-0.15, -0.1) is 0 Å². The van der Waals surface area contributed by atoms with Crippen molar-refractivity contribution in [1.29, 1.82) is 0 Å². The second-order valence-corrected chi connectivity index (χ2v) is 8.42. The molecule has 1 atom stereocenters.